The van der Waals surface area contributed by atoms with E-state index < -0.39 is 23.4 Å². The van der Waals surface area contributed by atoms with Crippen molar-refractivity contribution in [3.63, 3.8) is 0 Å². The molecule has 4 saturated heterocycles. The summed E-state index contributed by atoms with van der Waals surface area (Å²) < 4.78 is 24.1. The first kappa shape index (κ1) is 30.6. The van der Waals surface area contributed by atoms with Crippen LogP contribution in [0.15, 0.2) is 0 Å². The van der Waals surface area contributed by atoms with Crippen molar-refractivity contribution in [3.05, 3.63) is 0 Å². The minimum absolute atomic E-state index is 0.0812. The van der Waals surface area contributed by atoms with Crippen molar-refractivity contribution in [2.24, 2.45) is 0 Å². The van der Waals surface area contributed by atoms with Gasteiger partial charge in [0.2, 0.25) is 0 Å². The van der Waals surface area contributed by atoms with E-state index in [-0.39, 0.29) is 46.8 Å². The van der Waals surface area contributed by atoms with Crippen LogP contribution in [0.3, 0.4) is 0 Å². The van der Waals surface area contributed by atoms with Gasteiger partial charge in [-0.25, -0.2) is 0 Å². The van der Waals surface area contributed by atoms with Gasteiger partial charge in [-0.1, -0.05) is 0 Å². The third kappa shape index (κ3) is 7.30. The van der Waals surface area contributed by atoms with Gasteiger partial charge in [0.1, 0.15) is 0 Å². The first-order valence-corrected chi connectivity index (χ1v) is 14.8. The molecule has 8 nitrogen and oxygen atoms in total. The van der Waals surface area contributed by atoms with E-state index in [1.54, 1.807) is 27.7 Å². The molecule has 0 bridgehead atoms. The second kappa shape index (κ2) is 10.2. The summed E-state index contributed by atoms with van der Waals surface area (Å²) in [4.78, 5) is 0. The van der Waals surface area contributed by atoms with Crippen molar-refractivity contribution in [3.8, 4) is 0 Å². The Labute approximate surface area is 229 Å². The van der Waals surface area contributed by atoms with E-state index >= 15 is 0 Å². The predicted molar refractivity (Wildman–Crippen MR) is 144 cm³/mol. The van der Waals surface area contributed by atoms with Gasteiger partial charge in [-0.3, -0.25) is 0 Å². The Balaban J connectivity index is 1.07. The molecule has 4 N–H and O–H groups in total. The molecule has 0 saturated carbocycles. The lowest BCUT2D eigenvalue weighted by Gasteiger charge is -2.25. The summed E-state index contributed by atoms with van der Waals surface area (Å²) in [5.74, 6) is 0. The van der Waals surface area contributed by atoms with Crippen LogP contribution in [-0.4, -0.2) is 90.7 Å². The lowest BCUT2D eigenvalue weighted by atomic mass is 9.88. The molecule has 0 spiro atoms. The molecule has 4 rings (SSSR count). The predicted octanol–water partition coefficient (Wildman–Crippen LogP) is 3.78. The molecule has 10 atom stereocenters. The van der Waals surface area contributed by atoms with E-state index in [9.17, 15) is 20.4 Å². The highest BCUT2D eigenvalue weighted by atomic mass is 16.6. The summed E-state index contributed by atoms with van der Waals surface area (Å²) in [5, 5.41) is 40.1. The zero-order chi connectivity index (χ0) is 28.4. The van der Waals surface area contributed by atoms with E-state index in [0.717, 1.165) is 51.4 Å². The molecule has 222 valence electrons. The Kier molecular flexibility index (Phi) is 8.22. The maximum absolute atomic E-state index is 10.1. The van der Waals surface area contributed by atoms with E-state index in [1.165, 1.54) is 0 Å². The first-order chi connectivity index (χ1) is 17.3. The van der Waals surface area contributed by atoms with Gasteiger partial charge in [0.15, 0.2) is 0 Å². The number of rotatable bonds is 17. The fourth-order valence-electron chi connectivity index (χ4n) is 6.19. The van der Waals surface area contributed by atoms with Crippen molar-refractivity contribution in [2.75, 3.05) is 0 Å². The number of aliphatic hydroxyl groups is 4. The molecule has 4 aliphatic heterocycles. The minimum Gasteiger partial charge on any atom is -0.390 e. The van der Waals surface area contributed by atoms with Crippen LogP contribution in [0.2, 0.25) is 0 Å². The van der Waals surface area contributed by atoms with Crippen LogP contribution >= 0.6 is 0 Å². The Bertz CT molecular complexity index is 769. The average Bonchev–Trinajstić information content (AvgIpc) is 3.73. The molecule has 0 aliphatic carbocycles. The largest absolute Gasteiger partial charge is 0.390 e. The van der Waals surface area contributed by atoms with Crippen molar-refractivity contribution in [2.45, 2.75) is 190 Å². The van der Waals surface area contributed by atoms with E-state index in [0.29, 0.717) is 12.8 Å². The number of hydrogen-bond acceptors (Lipinski definition) is 8. The van der Waals surface area contributed by atoms with Gasteiger partial charge in [-0.2, -0.15) is 0 Å². The quantitative estimate of drug-likeness (QED) is 0.204. The van der Waals surface area contributed by atoms with Crippen LogP contribution in [0.5, 0.6) is 0 Å². The lowest BCUT2D eigenvalue weighted by molar-refractivity contribution is -0.0540. The van der Waals surface area contributed by atoms with Crippen molar-refractivity contribution < 1.29 is 39.4 Å². The van der Waals surface area contributed by atoms with Crippen molar-refractivity contribution >= 4 is 0 Å². The summed E-state index contributed by atoms with van der Waals surface area (Å²) in [5.41, 5.74) is -2.73. The smallest absolute Gasteiger partial charge is 0.0921 e. The highest BCUT2D eigenvalue weighted by molar-refractivity contribution is 5.08. The average molecular weight is 543 g/mol. The third-order valence-corrected chi connectivity index (χ3v) is 10.1. The zero-order valence-corrected chi connectivity index (χ0v) is 25.0. The first-order valence-electron chi connectivity index (χ1n) is 14.8. The van der Waals surface area contributed by atoms with Crippen LogP contribution in [0.1, 0.15) is 120 Å². The molecule has 4 aliphatic rings. The Morgan fingerprint density at radius 3 is 1.08 bits per heavy atom. The summed E-state index contributed by atoms with van der Waals surface area (Å²) in [6.45, 7) is 15.1. The fourth-order valence-corrected chi connectivity index (χ4v) is 6.19. The SMILES string of the molecule is CC(C)(O)[C@H](O)CC[C@]1(C)O[C@@H]1CC[C@]1(C)O[C@@H]1CC[C@H]1O[C@@]1(C)CC[C@H]1O[C@@]1(C)CC[C@@H](O)C(C)(C)O. The van der Waals surface area contributed by atoms with Gasteiger partial charge in [0, 0.05) is 0 Å². The van der Waals surface area contributed by atoms with E-state index in [4.69, 9.17) is 18.9 Å². The molecule has 0 aromatic rings. The topological polar surface area (TPSA) is 131 Å². The van der Waals surface area contributed by atoms with Gasteiger partial charge < -0.3 is 39.4 Å². The molecule has 0 aromatic heterocycles. The third-order valence-electron chi connectivity index (χ3n) is 10.1. The standard InChI is InChI=1S/C30H54O8/c1-25(2,33)19(31)11-15-27(5)23(37-27)13-17-29(7)21(35-29)9-10-22-30(8,36-22)18-14-24-28(6,38-24)16-12-20(32)26(3,4)34/h19-24,31-34H,9-18H2,1-8H3/t19-,20-,21-,22-,23-,24-,27+,28+,29+,30+/m1/s1. The molecule has 0 aromatic carbocycles. The monoisotopic (exact) mass is 542 g/mol. The Morgan fingerprint density at radius 2 is 0.789 bits per heavy atom. The molecule has 0 unspecified atom stereocenters. The molecular weight excluding hydrogens is 488 g/mol. The molecule has 0 radical (unpaired) electrons. The summed E-state index contributed by atoms with van der Waals surface area (Å²) >= 11 is 0. The molecule has 8 heteroatoms. The molecule has 38 heavy (non-hydrogen) atoms. The highest BCUT2D eigenvalue weighted by Crippen LogP contribution is 2.52. The lowest BCUT2D eigenvalue weighted by Crippen LogP contribution is -2.36. The Morgan fingerprint density at radius 1 is 0.526 bits per heavy atom. The minimum atomic E-state index is -1.08. The van der Waals surface area contributed by atoms with Crippen LogP contribution in [-0.2, 0) is 18.9 Å². The maximum Gasteiger partial charge on any atom is 0.0921 e. The van der Waals surface area contributed by atoms with Crippen LogP contribution in [0.4, 0.5) is 0 Å². The normalized spacial score (nSPS) is 43.6. The van der Waals surface area contributed by atoms with Crippen LogP contribution in [0, 0.1) is 0 Å². The summed E-state index contributed by atoms with van der Waals surface area (Å²) in [6, 6.07) is 0. The van der Waals surface area contributed by atoms with E-state index in [2.05, 4.69) is 27.7 Å². The van der Waals surface area contributed by atoms with Crippen molar-refractivity contribution in [1.82, 2.24) is 0 Å². The molecular formula is C30H54O8. The zero-order valence-electron chi connectivity index (χ0n) is 25.0. The van der Waals surface area contributed by atoms with Gasteiger partial charge in [-0.05, 0) is 120 Å². The second-order valence-electron chi connectivity index (χ2n) is 14.7. The molecule has 0 amide bonds. The van der Waals surface area contributed by atoms with Crippen LogP contribution in [0.25, 0.3) is 0 Å². The van der Waals surface area contributed by atoms with E-state index in [1.807, 2.05) is 0 Å². The molecule has 4 fully saturated rings. The fraction of sp³-hybridized carbons (Fsp3) is 1.00. The maximum atomic E-state index is 10.1. The summed E-state index contributed by atoms with van der Waals surface area (Å²) in [6.07, 6.45) is 7.85. The van der Waals surface area contributed by atoms with Gasteiger partial charge in [0.25, 0.3) is 0 Å². The molecule has 4 heterocycles. The number of ether oxygens (including phenoxy) is 4. The number of epoxide rings is 4. The highest BCUT2D eigenvalue weighted by Gasteiger charge is 2.59. The number of aliphatic hydroxyl groups excluding tert-OH is 2. The van der Waals surface area contributed by atoms with Crippen molar-refractivity contribution in [1.29, 1.82) is 0 Å². The van der Waals surface area contributed by atoms with Gasteiger partial charge >= 0.3 is 0 Å². The Hall–Kier alpha value is -0.320. The van der Waals surface area contributed by atoms with Gasteiger partial charge in [-0.15, -0.1) is 0 Å². The number of hydrogen-bond donors (Lipinski definition) is 4. The second-order valence-corrected chi connectivity index (χ2v) is 14.7. The van der Waals surface area contributed by atoms with Crippen LogP contribution < -0.4 is 0 Å². The summed E-state index contributed by atoms with van der Waals surface area (Å²) in [7, 11) is 0. The van der Waals surface area contributed by atoms with Gasteiger partial charge in [0.05, 0.1) is 70.2 Å².